The number of hydrogen-bond acceptors (Lipinski definition) is 2. The van der Waals surface area contributed by atoms with E-state index in [1.54, 1.807) is 13.0 Å². The highest BCUT2D eigenvalue weighted by Gasteiger charge is 2.15. The molecule has 5 heteroatoms. The molecule has 0 saturated carbocycles. The maximum absolute atomic E-state index is 12.0. The third-order valence-electron chi connectivity index (χ3n) is 3.76. The molecule has 1 unspecified atom stereocenters. The molecule has 0 radical (unpaired) electrons. The second-order valence-electron chi connectivity index (χ2n) is 5.35. The summed E-state index contributed by atoms with van der Waals surface area (Å²) in [6.07, 6.45) is 6.90. The number of anilines is 1. The van der Waals surface area contributed by atoms with Gasteiger partial charge in [0, 0.05) is 11.7 Å². The SMILES string of the molecule is Cc1cc(NC(=O)NC2CC=CCC2)cc(C(=O)O)c1C. The number of urea groups is 1. The van der Waals surface area contributed by atoms with Crippen LogP contribution in [0.15, 0.2) is 24.3 Å². The molecule has 2 rings (SSSR count). The molecule has 0 aromatic heterocycles. The van der Waals surface area contributed by atoms with Crippen LogP contribution in [0.2, 0.25) is 0 Å². The van der Waals surface area contributed by atoms with Gasteiger partial charge in [0.05, 0.1) is 5.56 Å². The molecule has 1 aliphatic rings. The van der Waals surface area contributed by atoms with Crippen LogP contribution in [-0.4, -0.2) is 23.1 Å². The lowest BCUT2D eigenvalue weighted by Crippen LogP contribution is -2.38. The van der Waals surface area contributed by atoms with Crippen molar-refractivity contribution in [3.8, 4) is 0 Å². The van der Waals surface area contributed by atoms with Crippen molar-refractivity contribution in [1.29, 1.82) is 0 Å². The summed E-state index contributed by atoms with van der Waals surface area (Å²) in [5.74, 6) is -0.989. The molecule has 0 bridgehead atoms. The first-order valence-electron chi connectivity index (χ1n) is 7.04. The molecule has 1 atom stereocenters. The molecule has 1 aliphatic carbocycles. The van der Waals surface area contributed by atoms with Crippen molar-refractivity contribution in [2.24, 2.45) is 0 Å². The van der Waals surface area contributed by atoms with E-state index in [0.717, 1.165) is 24.8 Å². The van der Waals surface area contributed by atoms with Gasteiger partial charge in [-0.1, -0.05) is 12.2 Å². The van der Waals surface area contributed by atoms with E-state index < -0.39 is 5.97 Å². The number of hydrogen-bond donors (Lipinski definition) is 3. The van der Waals surface area contributed by atoms with Crippen LogP contribution in [-0.2, 0) is 0 Å². The number of carboxylic acid groups (broad SMARTS) is 1. The van der Waals surface area contributed by atoms with E-state index in [0.29, 0.717) is 11.3 Å². The average molecular weight is 288 g/mol. The van der Waals surface area contributed by atoms with Gasteiger partial charge in [0.15, 0.2) is 0 Å². The predicted octanol–water partition coefficient (Wildman–Crippen LogP) is 3.23. The number of benzene rings is 1. The lowest BCUT2D eigenvalue weighted by Gasteiger charge is -2.20. The third-order valence-corrected chi connectivity index (χ3v) is 3.76. The first-order chi connectivity index (χ1) is 9.97. The lowest BCUT2D eigenvalue weighted by atomic mass is 10.0. The molecule has 5 nitrogen and oxygen atoms in total. The van der Waals surface area contributed by atoms with E-state index in [1.165, 1.54) is 6.07 Å². The number of carbonyl (C=O) groups is 2. The number of aromatic carboxylic acids is 1. The molecule has 1 aromatic rings. The van der Waals surface area contributed by atoms with Crippen molar-refractivity contribution in [3.05, 3.63) is 41.0 Å². The van der Waals surface area contributed by atoms with Gasteiger partial charge in [0.25, 0.3) is 0 Å². The van der Waals surface area contributed by atoms with E-state index in [9.17, 15) is 14.7 Å². The number of carbonyl (C=O) groups excluding carboxylic acids is 1. The number of nitrogens with one attached hydrogen (secondary N) is 2. The number of amides is 2. The minimum absolute atomic E-state index is 0.139. The van der Waals surface area contributed by atoms with Crippen molar-refractivity contribution in [1.82, 2.24) is 5.32 Å². The summed E-state index contributed by atoms with van der Waals surface area (Å²) < 4.78 is 0. The van der Waals surface area contributed by atoms with Crippen LogP contribution >= 0.6 is 0 Å². The Morgan fingerprint density at radius 3 is 2.62 bits per heavy atom. The Labute approximate surface area is 124 Å². The van der Waals surface area contributed by atoms with Gasteiger partial charge in [-0.2, -0.15) is 0 Å². The highest BCUT2D eigenvalue weighted by molar-refractivity contribution is 5.94. The van der Waals surface area contributed by atoms with Crippen molar-refractivity contribution >= 4 is 17.7 Å². The summed E-state index contributed by atoms with van der Waals surface area (Å²) in [6, 6.07) is 3.11. The molecule has 0 saturated heterocycles. The van der Waals surface area contributed by atoms with Gasteiger partial charge in [-0.3, -0.25) is 0 Å². The van der Waals surface area contributed by atoms with Gasteiger partial charge in [-0.05, 0) is 56.4 Å². The van der Waals surface area contributed by atoms with Gasteiger partial charge in [0.2, 0.25) is 0 Å². The summed E-state index contributed by atoms with van der Waals surface area (Å²) in [4.78, 5) is 23.2. The number of rotatable bonds is 3. The number of aryl methyl sites for hydroxylation is 1. The molecular weight excluding hydrogens is 268 g/mol. The summed E-state index contributed by atoms with van der Waals surface area (Å²) >= 11 is 0. The van der Waals surface area contributed by atoms with Gasteiger partial charge in [-0.25, -0.2) is 9.59 Å². The van der Waals surface area contributed by atoms with Crippen LogP contribution in [0.1, 0.15) is 40.7 Å². The normalized spacial score (nSPS) is 17.3. The zero-order valence-corrected chi connectivity index (χ0v) is 12.3. The Hall–Kier alpha value is -2.30. The van der Waals surface area contributed by atoms with Gasteiger partial charge in [-0.15, -0.1) is 0 Å². The molecule has 0 heterocycles. The van der Waals surface area contributed by atoms with E-state index in [-0.39, 0.29) is 17.6 Å². The quantitative estimate of drug-likeness (QED) is 0.747. The van der Waals surface area contributed by atoms with Crippen LogP contribution in [0.25, 0.3) is 0 Å². The maximum atomic E-state index is 12.0. The zero-order chi connectivity index (χ0) is 15.4. The summed E-state index contributed by atoms with van der Waals surface area (Å²) in [7, 11) is 0. The first kappa shape index (κ1) is 15.1. The monoisotopic (exact) mass is 288 g/mol. The minimum Gasteiger partial charge on any atom is -0.478 e. The van der Waals surface area contributed by atoms with Gasteiger partial charge in [0.1, 0.15) is 0 Å². The lowest BCUT2D eigenvalue weighted by molar-refractivity contribution is 0.0696. The second kappa shape index (κ2) is 6.43. The summed E-state index contributed by atoms with van der Waals surface area (Å²) in [5, 5.41) is 14.8. The predicted molar refractivity (Wildman–Crippen MR) is 81.8 cm³/mol. The minimum atomic E-state index is -0.989. The fraction of sp³-hybridized carbons (Fsp3) is 0.375. The standard InChI is InChI=1S/C16H20N2O3/c1-10-8-13(9-14(11(10)2)15(19)20)18-16(21)17-12-6-4-3-5-7-12/h3-4,8-9,12H,5-7H2,1-2H3,(H,19,20)(H2,17,18,21). The van der Waals surface area contributed by atoms with Crippen LogP contribution in [0, 0.1) is 13.8 Å². The van der Waals surface area contributed by atoms with Crippen molar-refractivity contribution in [2.75, 3.05) is 5.32 Å². The van der Waals surface area contributed by atoms with Crippen LogP contribution in [0.3, 0.4) is 0 Å². The Balaban J connectivity index is 2.06. The first-order valence-corrected chi connectivity index (χ1v) is 7.04. The topological polar surface area (TPSA) is 78.4 Å². The van der Waals surface area contributed by atoms with Crippen molar-refractivity contribution in [3.63, 3.8) is 0 Å². The Bertz CT molecular complexity index is 593. The zero-order valence-electron chi connectivity index (χ0n) is 12.3. The Morgan fingerprint density at radius 2 is 2.00 bits per heavy atom. The Morgan fingerprint density at radius 1 is 1.24 bits per heavy atom. The Kier molecular flexibility index (Phi) is 4.62. The van der Waals surface area contributed by atoms with Crippen molar-refractivity contribution in [2.45, 2.75) is 39.2 Å². The molecule has 1 aromatic carbocycles. The van der Waals surface area contributed by atoms with E-state index >= 15 is 0 Å². The molecule has 0 spiro atoms. The largest absolute Gasteiger partial charge is 0.478 e. The summed E-state index contributed by atoms with van der Waals surface area (Å²) in [5.41, 5.74) is 2.27. The number of allylic oxidation sites excluding steroid dienone is 1. The molecule has 112 valence electrons. The van der Waals surface area contributed by atoms with E-state index in [4.69, 9.17) is 0 Å². The molecule has 0 fully saturated rings. The van der Waals surface area contributed by atoms with Crippen LogP contribution in [0.4, 0.5) is 10.5 Å². The summed E-state index contributed by atoms with van der Waals surface area (Å²) in [6.45, 7) is 3.59. The van der Waals surface area contributed by atoms with Crippen molar-refractivity contribution < 1.29 is 14.7 Å². The van der Waals surface area contributed by atoms with Crippen LogP contribution in [0.5, 0.6) is 0 Å². The fourth-order valence-electron chi connectivity index (χ4n) is 2.43. The van der Waals surface area contributed by atoms with E-state index in [1.807, 2.05) is 6.92 Å². The average Bonchev–Trinajstić information content (AvgIpc) is 2.43. The van der Waals surface area contributed by atoms with Gasteiger partial charge >= 0.3 is 12.0 Å². The molecule has 2 amide bonds. The second-order valence-corrected chi connectivity index (χ2v) is 5.35. The molecular formula is C16H20N2O3. The smallest absolute Gasteiger partial charge is 0.336 e. The molecule has 21 heavy (non-hydrogen) atoms. The number of carboxylic acids is 1. The molecule has 0 aliphatic heterocycles. The van der Waals surface area contributed by atoms with E-state index in [2.05, 4.69) is 22.8 Å². The third kappa shape index (κ3) is 3.84. The highest BCUT2D eigenvalue weighted by Crippen LogP contribution is 2.20. The highest BCUT2D eigenvalue weighted by atomic mass is 16.4. The van der Waals surface area contributed by atoms with Crippen LogP contribution < -0.4 is 10.6 Å². The molecule has 3 N–H and O–H groups in total. The fourth-order valence-corrected chi connectivity index (χ4v) is 2.43. The van der Waals surface area contributed by atoms with Gasteiger partial charge < -0.3 is 15.7 Å². The maximum Gasteiger partial charge on any atom is 0.336 e.